The van der Waals surface area contributed by atoms with E-state index in [2.05, 4.69) is 5.32 Å². The average molecular weight is 274 g/mol. The van der Waals surface area contributed by atoms with Crippen LogP contribution in [0.1, 0.15) is 31.1 Å². The van der Waals surface area contributed by atoms with Crippen LogP contribution in [0.25, 0.3) is 0 Å². The van der Waals surface area contributed by atoms with Gasteiger partial charge in [-0.2, -0.15) is 0 Å². The van der Waals surface area contributed by atoms with E-state index < -0.39 is 17.8 Å². The van der Waals surface area contributed by atoms with Crippen molar-refractivity contribution in [2.75, 3.05) is 6.54 Å². The summed E-state index contributed by atoms with van der Waals surface area (Å²) < 4.78 is 12.8. The summed E-state index contributed by atoms with van der Waals surface area (Å²) in [6.45, 7) is 5.73. The monoisotopic (exact) mass is 273 g/mol. The van der Waals surface area contributed by atoms with Gasteiger partial charge in [0.05, 0.1) is 16.7 Å². The maximum Gasteiger partial charge on any atom is 0.252 e. The lowest BCUT2D eigenvalue weighted by molar-refractivity contribution is 0.0587. The van der Waals surface area contributed by atoms with Crippen LogP contribution in [0.15, 0.2) is 18.2 Å². The smallest absolute Gasteiger partial charge is 0.252 e. The number of hydrogen-bond acceptors (Lipinski definition) is 2. The minimum atomic E-state index is -0.666. The highest BCUT2D eigenvalue weighted by atomic mass is 35.5. The molecule has 0 aromatic heterocycles. The highest BCUT2D eigenvalue weighted by molar-refractivity contribution is 6.33. The lowest BCUT2D eigenvalue weighted by Crippen LogP contribution is -2.39. The van der Waals surface area contributed by atoms with Crippen molar-refractivity contribution in [2.24, 2.45) is 5.41 Å². The van der Waals surface area contributed by atoms with Crippen LogP contribution < -0.4 is 5.32 Å². The van der Waals surface area contributed by atoms with Gasteiger partial charge >= 0.3 is 0 Å². The van der Waals surface area contributed by atoms with Gasteiger partial charge in [-0.3, -0.25) is 4.79 Å². The molecule has 0 bridgehead atoms. The minimum absolute atomic E-state index is 0.0535. The Morgan fingerprint density at radius 2 is 2.11 bits per heavy atom. The Hall–Kier alpha value is -1.13. The second kappa shape index (κ2) is 5.67. The van der Waals surface area contributed by atoms with Gasteiger partial charge in [0.1, 0.15) is 5.82 Å². The Bertz CT molecular complexity index is 443. The molecule has 1 aromatic rings. The number of nitrogens with one attached hydrogen (secondary N) is 1. The van der Waals surface area contributed by atoms with Crippen LogP contribution in [0, 0.1) is 11.2 Å². The number of hydrogen-bond donors (Lipinski definition) is 2. The number of amides is 1. The Kier molecular flexibility index (Phi) is 4.71. The Morgan fingerprint density at radius 1 is 1.50 bits per heavy atom. The third kappa shape index (κ3) is 3.96. The molecule has 0 heterocycles. The average Bonchev–Trinajstić information content (AvgIpc) is 2.24. The third-order valence-electron chi connectivity index (χ3n) is 2.63. The van der Waals surface area contributed by atoms with Gasteiger partial charge in [0, 0.05) is 6.54 Å². The van der Waals surface area contributed by atoms with E-state index in [0.717, 1.165) is 6.07 Å². The maximum absolute atomic E-state index is 12.8. The van der Waals surface area contributed by atoms with Crippen LogP contribution in [0.4, 0.5) is 4.39 Å². The molecular weight excluding hydrogens is 257 g/mol. The summed E-state index contributed by atoms with van der Waals surface area (Å²) in [5.41, 5.74) is -0.126. The zero-order valence-corrected chi connectivity index (χ0v) is 11.4. The largest absolute Gasteiger partial charge is 0.391 e. The molecule has 1 unspecified atom stereocenters. The molecule has 2 N–H and O–H groups in total. The molecule has 0 spiro atoms. The number of halogens is 2. The highest BCUT2D eigenvalue weighted by Gasteiger charge is 2.23. The predicted octanol–water partition coefficient (Wildman–Crippen LogP) is 2.62. The SMILES string of the molecule is CC(C)(C)C(O)CNC(=O)c1ccc(F)cc1Cl. The molecule has 3 nitrogen and oxygen atoms in total. The number of benzene rings is 1. The first kappa shape index (κ1) is 14.9. The molecule has 1 amide bonds. The van der Waals surface area contributed by atoms with E-state index >= 15 is 0 Å². The van der Waals surface area contributed by atoms with E-state index in [0.29, 0.717) is 0 Å². The van der Waals surface area contributed by atoms with Crippen LogP contribution in [-0.2, 0) is 0 Å². The topological polar surface area (TPSA) is 49.3 Å². The summed E-state index contributed by atoms with van der Waals surface area (Å²) in [5.74, 6) is -0.922. The van der Waals surface area contributed by atoms with E-state index in [1.165, 1.54) is 12.1 Å². The first-order chi connectivity index (χ1) is 8.21. The Morgan fingerprint density at radius 3 is 2.61 bits per heavy atom. The molecule has 100 valence electrons. The maximum atomic E-state index is 12.8. The molecule has 18 heavy (non-hydrogen) atoms. The van der Waals surface area contributed by atoms with Gasteiger partial charge in [0.25, 0.3) is 5.91 Å². The number of carbonyl (C=O) groups excluding carboxylic acids is 1. The summed E-state index contributed by atoms with van der Waals surface area (Å²) in [7, 11) is 0. The molecule has 1 atom stereocenters. The molecule has 5 heteroatoms. The van der Waals surface area contributed by atoms with E-state index in [1.807, 2.05) is 20.8 Å². The summed E-state index contributed by atoms with van der Waals surface area (Å²) in [5, 5.41) is 12.4. The van der Waals surface area contributed by atoms with Gasteiger partial charge < -0.3 is 10.4 Å². The number of aliphatic hydroxyl groups excluding tert-OH is 1. The van der Waals surface area contributed by atoms with Crippen LogP contribution in [-0.4, -0.2) is 23.7 Å². The van der Waals surface area contributed by atoms with Crippen molar-refractivity contribution in [1.29, 1.82) is 0 Å². The van der Waals surface area contributed by atoms with E-state index in [4.69, 9.17) is 11.6 Å². The van der Waals surface area contributed by atoms with Crippen molar-refractivity contribution < 1.29 is 14.3 Å². The predicted molar refractivity (Wildman–Crippen MR) is 69.2 cm³/mol. The molecule has 0 aliphatic carbocycles. The quantitative estimate of drug-likeness (QED) is 0.889. The molecule has 0 fully saturated rings. The number of rotatable bonds is 3. The molecule has 0 radical (unpaired) electrons. The molecular formula is C13H17ClFNO2. The van der Waals surface area contributed by atoms with Crippen LogP contribution >= 0.6 is 11.6 Å². The Balaban J connectivity index is 2.66. The highest BCUT2D eigenvalue weighted by Crippen LogP contribution is 2.19. The van der Waals surface area contributed by atoms with Crippen LogP contribution in [0.2, 0.25) is 5.02 Å². The standard InChI is InChI=1S/C13H17ClFNO2/c1-13(2,3)11(17)7-16-12(18)9-5-4-8(15)6-10(9)14/h4-6,11,17H,7H2,1-3H3,(H,16,18). The first-order valence-corrected chi connectivity index (χ1v) is 6.01. The Labute approximate surface area is 111 Å². The van der Waals surface area contributed by atoms with Gasteiger partial charge in [-0.25, -0.2) is 4.39 Å². The summed E-state index contributed by atoms with van der Waals surface area (Å²) in [6.07, 6.45) is -0.666. The fourth-order valence-corrected chi connectivity index (χ4v) is 1.52. The van der Waals surface area contributed by atoms with E-state index in [9.17, 15) is 14.3 Å². The van der Waals surface area contributed by atoms with Crippen molar-refractivity contribution in [3.05, 3.63) is 34.6 Å². The fourth-order valence-electron chi connectivity index (χ4n) is 1.26. The van der Waals surface area contributed by atoms with Gasteiger partial charge in [-0.1, -0.05) is 32.4 Å². The normalized spacial score (nSPS) is 13.2. The second-order valence-corrected chi connectivity index (χ2v) is 5.62. The molecule has 0 saturated heterocycles. The summed E-state index contributed by atoms with van der Waals surface area (Å²) in [4.78, 5) is 11.8. The van der Waals surface area contributed by atoms with Crippen LogP contribution in [0.5, 0.6) is 0 Å². The molecule has 1 rings (SSSR count). The third-order valence-corrected chi connectivity index (χ3v) is 2.94. The fraction of sp³-hybridized carbons (Fsp3) is 0.462. The molecule has 0 aliphatic heterocycles. The molecule has 1 aromatic carbocycles. The molecule has 0 saturated carbocycles. The zero-order valence-electron chi connectivity index (χ0n) is 10.6. The number of aliphatic hydroxyl groups is 1. The summed E-state index contributed by atoms with van der Waals surface area (Å²) in [6, 6.07) is 3.56. The van der Waals surface area contributed by atoms with Crippen molar-refractivity contribution in [3.63, 3.8) is 0 Å². The lowest BCUT2D eigenvalue weighted by Gasteiger charge is -2.25. The summed E-state index contributed by atoms with van der Waals surface area (Å²) >= 11 is 5.77. The molecule has 0 aliphatic rings. The van der Waals surface area contributed by atoms with Gasteiger partial charge in [0.15, 0.2) is 0 Å². The van der Waals surface area contributed by atoms with Crippen molar-refractivity contribution >= 4 is 17.5 Å². The zero-order chi connectivity index (χ0) is 13.9. The van der Waals surface area contributed by atoms with Crippen molar-refractivity contribution in [3.8, 4) is 0 Å². The minimum Gasteiger partial charge on any atom is -0.391 e. The van der Waals surface area contributed by atoms with Crippen molar-refractivity contribution in [2.45, 2.75) is 26.9 Å². The van der Waals surface area contributed by atoms with E-state index in [1.54, 1.807) is 0 Å². The lowest BCUT2D eigenvalue weighted by atomic mass is 9.89. The van der Waals surface area contributed by atoms with Gasteiger partial charge in [-0.05, 0) is 23.6 Å². The van der Waals surface area contributed by atoms with Crippen LogP contribution in [0.3, 0.4) is 0 Å². The van der Waals surface area contributed by atoms with Gasteiger partial charge in [-0.15, -0.1) is 0 Å². The van der Waals surface area contributed by atoms with E-state index in [-0.39, 0.29) is 22.5 Å². The van der Waals surface area contributed by atoms with Crippen molar-refractivity contribution in [1.82, 2.24) is 5.32 Å². The van der Waals surface area contributed by atoms with Gasteiger partial charge in [0.2, 0.25) is 0 Å². The second-order valence-electron chi connectivity index (χ2n) is 5.22. The number of carbonyl (C=O) groups is 1. The first-order valence-electron chi connectivity index (χ1n) is 5.63.